The number of aliphatic hydroxyl groups excluding tert-OH is 4. The summed E-state index contributed by atoms with van der Waals surface area (Å²) in [4.78, 5) is 50.2. The quantitative estimate of drug-likeness (QED) is 0.134. The van der Waals surface area contributed by atoms with Crippen molar-refractivity contribution in [2.24, 2.45) is 5.18 Å². The molecule has 0 aliphatic rings. The van der Waals surface area contributed by atoms with Gasteiger partial charge < -0.3 is 36.0 Å². The third-order valence-electron chi connectivity index (χ3n) is 4.74. The number of hydrogen-bond donors (Lipinski definition) is 6. The van der Waals surface area contributed by atoms with Gasteiger partial charge in [-0.25, -0.2) is 0 Å². The molecule has 1 rings (SSSR count). The van der Waals surface area contributed by atoms with E-state index in [1.54, 1.807) is 22.6 Å². The molecular weight excluding hydrogens is 781 g/mol. The maximum atomic E-state index is 13.8. The molecule has 0 heterocycles. The van der Waals surface area contributed by atoms with Crippen molar-refractivity contribution in [3.05, 3.63) is 26.7 Å². The van der Waals surface area contributed by atoms with Crippen LogP contribution in [0.1, 0.15) is 27.6 Å². The lowest BCUT2D eigenvalue weighted by Crippen LogP contribution is -2.61. The van der Waals surface area contributed by atoms with Crippen LogP contribution in [0.3, 0.4) is 0 Å². The van der Waals surface area contributed by atoms with Gasteiger partial charge in [-0.1, -0.05) is 5.18 Å². The summed E-state index contributed by atoms with van der Waals surface area (Å²) >= 11 is 5.48. The van der Waals surface area contributed by atoms with Crippen molar-refractivity contribution in [2.45, 2.75) is 18.5 Å². The van der Waals surface area contributed by atoms with Crippen LogP contribution in [0.25, 0.3) is 0 Å². The molecule has 0 saturated heterocycles. The number of halogens is 3. The zero-order valence-corrected chi connectivity index (χ0v) is 24.0. The molecule has 1 atom stereocenters. The molecule has 0 saturated carbocycles. The van der Waals surface area contributed by atoms with Gasteiger partial charge in [0.25, 0.3) is 11.8 Å². The number of hydrogen-bond acceptors (Lipinski definition) is 9. The molecule has 6 N–H and O–H groups in total. The first kappa shape index (κ1) is 30.3. The number of nitrogens with zero attached hydrogens (tertiary/aromatic N) is 2. The van der Waals surface area contributed by atoms with Gasteiger partial charge in [0.15, 0.2) is 0 Å². The van der Waals surface area contributed by atoms with Crippen LogP contribution in [-0.2, 0) is 4.79 Å². The first-order valence-corrected chi connectivity index (χ1v) is 12.5. The van der Waals surface area contributed by atoms with E-state index in [-0.39, 0.29) is 24.0 Å². The monoisotopic (exact) mass is 804 g/mol. The molecule has 0 fully saturated rings. The van der Waals surface area contributed by atoms with Crippen LogP contribution in [0.15, 0.2) is 5.18 Å². The Morgan fingerprint density at radius 3 is 1.91 bits per heavy atom. The van der Waals surface area contributed by atoms with E-state index in [1.165, 1.54) is 14.0 Å². The Kier molecular flexibility index (Phi) is 12.3. The Morgan fingerprint density at radius 2 is 1.52 bits per heavy atom. The van der Waals surface area contributed by atoms with E-state index in [2.05, 4.69) is 15.8 Å². The minimum Gasteiger partial charge on any atom is -0.394 e. The Bertz CT molecular complexity index is 918. The van der Waals surface area contributed by atoms with Crippen molar-refractivity contribution in [2.75, 3.05) is 45.3 Å². The minimum atomic E-state index is -1.91. The van der Waals surface area contributed by atoms with Gasteiger partial charge >= 0.3 is 0 Å². The summed E-state index contributed by atoms with van der Waals surface area (Å²) < 4.78 is 0.827. The molecule has 184 valence electrons. The molecule has 1 unspecified atom stereocenters. The molecule has 0 aliphatic heterocycles. The lowest BCUT2D eigenvalue weighted by Gasteiger charge is -2.41. The Labute approximate surface area is 230 Å². The Balaban J connectivity index is 3.96. The zero-order valence-electron chi connectivity index (χ0n) is 17.6. The van der Waals surface area contributed by atoms with Crippen LogP contribution < -0.4 is 10.6 Å². The number of carbonyl (C=O) groups excluding carboxylic acids is 3. The van der Waals surface area contributed by atoms with Crippen LogP contribution in [0.5, 0.6) is 0 Å². The summed E-state index contributed by atoms with van der Waals surface area (Å²) in [6.07, 6.45) is 0. The number of anilines is 1. The standard InChI is InChI=1S/C18H23I3N4O8/c1-8(30)23-15-13(20)10(16(31)22-2)12(19)11(14(15)21)17(32)25(3-9(4-26)24-33)18(5-27,6-28)7-29/h9,26-29H,3-7H2,1-2H3,(H,22,31)(H,23,30). The summed E-state index contributed by atoms with van der Waals surface area (Å²) in [5, 5.41) is 47.0. The highest BCUT2D eigenvalue weighted by Gasteiger charge is 2.42. The van der Waals surface area contributed by atoms with Crippen LogP contribution in [0.2, 0.25) is 0 Å². The fourth-order valence-electron chi connectivity index (χ4n) is 2.83. The highest BCUT2D eigenvalue weighted by Crippen LogP contribution is 2.37. The lowest BCUT2D eigenvalue weighted by molar-refractivity contribution is -0.114. The van der Waals surface area contributed by atoms with E-state index < -0.39 is 62.3 Å². The number of aliphatic hydroxyl groups is 4. The summed E-state index contributed by atoms with van der Waals surface area (Å²) in [6.45, 7) is -2.63. The van der Waals surface area contributed by atoms with Gasteiger partial charge in [0.05, 0.1) is 50.4 Å². The molecule has 0 aromatic heterocycles. The van der Waals surface area contributed by atoms with Crippen molar-refractivity contribution in [1.82, 2.24) is 10.2 Å². The minimum absolute atomic E-state index is 0.0683. The fourth-order valence-corrected chi connectivity index (χ4v) is 7.22. The van der Waals surface area contributed by atoms with Gasteiger partial charge in [-0.3, -0.25) is 14.4 Å². The second kappa shape index (κ2) is 13.4. The van der Waals surface area contributed by atoms with Crippen LogP contribution in [0.4, 0.5) is 5.69 Å². The van der Waals surface area contributed by atoms with Gasteiger partial charge in [-0.15, -0.1) is 0 Å². The predicted molar refractivity (Wildman–Crippen MR) is 144 cm³/mol. The summed E-state index contributed by atoms with van der Waals surface area (Å²) in [7, 11) is 1.40. The summed E-state index contributed by atoms with van der Waals surface area (Å²) in [5.74, 6) is -1.85. The zero-order chi connectivity index (χ0) is 25.5. The van der Waals surface area contributed by atoms with E-state index in [4.69, 9.17) is 0 Å². The van der Waals surface area contributed by atoms with Gasteiger partial charge in [0.1, 0.15) is 11.6 Å². The molecule has 0 bridgehead atoms. The second-order valence-corrected chi connectivity index (χ2v) is 10.1. The van der Waals surface area contributed by atoms with Crippen molar-refractivity contribution in [3.8, 4) is 0 Å². The van der Waals surface area contributed by atoms with E-state index in [0.29, 0.717) is 3.57 Å². The molecule has 0 radical (unpaired) electrons. The Morgan fingerprint density at radius 1 is 1.00 bits per heavy atom. The average Bonchev–Trinajstić information content (AvgIpc) is 2.79. The van der Waals surface area contributed by atoms with E-state index in [1.807, 2.05) is 45.2 Å². The largest absolute Gasteiger partial charge is 0.394 e. The third-order valence-corrected chi connectivity index (χ3v) is 7.98. The fraction of sp³-hybridized carbons (Fsp3) is 0.500. The van der Waals surface area contributed by atoms with Gasteiger partial charge in [0.2, 0.25) is 5.91 Å². The van der Waals surface area contributed by atoms with E-state index in [0.717, 1.165) is 4.90 Å². The highest BCUT2D eigenvalue weighted by molar-refractivity contribution is 14.1. The van der Waals surface area contributed by atoms with Gasteiger partial charge in [0, 0.05) is 24.1 Å². The average molecular weight is 804 g/mol. The van der Waals surface area contributed by atoms with Gasteiger partial charge in [-0.2, -0.15) is 4.91 Å². The topological polar surface area (TPSA) is 189 Å². The normalized spacial score (nSPS) is 12.2. The van der Waals surface area contributed by atoms with E-state index >= 15 is 0 Å². The van der Waals surface area contributed by atoms with E-state index in [9.17, 15) is 39.7 Å². The molecule has 3 amide bonds. The first-order chi connectivity index (χ1) is 15.5. The molecule has 0 aliphatic carbocycles. The lowest BCUT2D eigenvalue weighted by atomic mass is 9.97. The number of nitrogens with one attached hydrogen (secondary N) is 2. The smallest absolute Gasteiger partial charge is 0.256 e. The third kappa shape index (κ3) is 6.48. The number of amides is 3. The van der Waals surface area contributed by atoms with Crippen molar-refractivity contribution in [1.29, 1.82) is 0 Å². The van der Waals surface area contributed by atoms with Gasteiger partial charge in [-0.05, 0) is 67.8 Å². The summed E-state index contributed by atoms with van der Waals surface area (Å²) in [6, 6.07) is -1.31. The Hall–Kier alpha value is -0.740. The maximum Gasteiger partial charge on any atom is 0.256 e. The van der Waals surface area contributed by atoms with Crippen molar-refractivity contribution >= 4 is 91.2 Å². The predicted octanol–water partition coefficient (Wildman–Crippen LogP) is 0.104. The number of rotatable bonds is 11. The molecule has 1 aromatic rings. The van der Waals surface area contributed by atoms with Crippen molar-refractivity contribution < 1.29 is 34.8 Å². The second-order valence-electron chi connectivity index (χ2n) is 6.88. The van der Waals surface area contributed by atoms with Crippen LogP contribution >= 0.6 is 67.8 Å². The van der Waals surface area contributed by atoms with Crippen LogP contribution in [0, 0.1) is 15.6 Å². The molecule has 15 heteroatoms. The SMILES string of the molecule is CNC(=O)c1c(I)c(NC(C)=O)c(I)c(C(=O)N(CC(CO)N=O)C(CO)(CO)CO)c1I. The maximum absolute atomic E-state index is 13.8. The number of carbonyl (C=O) groups is 3. The molecule has 0 spiro atoms. The van der Waals surface area contributed by atoms with Crippen molar-refractivity contribution in [3.63, 3.8) is 0 Å². The number of nitroso groups, excluding NO2 is 1. The number of benzene rings is 1. The molecule has 33 heavy (non-hydrogen) atoms. The molecule has 1 aromatic carbocycles. The first-order valence-electron chi connectivity index (χ1n) is 9.28. The molecule has 12 nitrogen and oxygen atoms in total. The van der Waals surface area contributed by atoms with Crippen LogP contribution in [-0.4, -0.2) is 94.6 Å². The highest BCUT2D eigenvalue weighted by atomic mass is 127. The molecular formula is C18H23I3N4O8. The summed E-state index contributed by atoms with van der Waals surface area (Å²) in [5.41, 5.74) is -1.69.